The Hall–Kier alpha value is -3.82. The van der Waals surface area contributed by atoms with Crippen LogP contribution in [0.2, 0.25) is 0 Å². The molecule has 10 heteroatoms. The predicted octanol–water partition coefficient (Wildman–Crippen LogP) is 2.09. The summed E-state index contributed by atoms with van der Waals surface area (Å²) in [5, 5.41) is 24.7. The molecule has 0 aliphatic carbocycles. The number of rotatable bonds is 7. The molecule has 2 N–H and O–H groups in total. The lowest BCUT2D eigenvalue weighted by Gasteiger charge is -2.09. The maximum Gasteiger partial charge on any atom is 0.315 e. The Labute approximate surface area is 154 Å². The van der Waals surface area contributed by atoms with E-state index in [0.717, 1.165) is 12.3 Å². The summed E-state index contributed by atoms with van der Waals surface area (Å²) in [5.74, 6) is -0.227. The molecule has 0 saturated carbocycles. The van der Waals surface area contributed by atoms with Crippen molar-refractivity contribution in [2.45, 2.75) is 0 Å². The minimum atomic E-state index is -0.754. The van der Waals surface area contributed by atoms with Crippen LogP contribution in [0.15, 0.2) is 35.4 Å². The van der Waals surface area contributed by atoms with Crippen molar-refractivity contribution in [2.24, 2.45) is 5.10 Å². The van der Waals surface area contributed by atoms with Gasteiger partial charge in [-0.2, -0.15) is 5.10 Å². The number of nitrogens with one attached hydrogen (secondary N) is 1. The molecule has 0 aliphatic rings. The molecular weight excluding hydrogens is 358 g/mol. The van der Waals surface area contributed by atoms with E-state index in [0.29, 0.717) is 5.75 Å². The molecule has 0 aliphatic heterocycles. The van der Waals surface area contributed by atoms with Crippen molar-refractivity contribution in [3.8, 4) is 23.0 Å². The molecule has 27 heavy (non-hydrogen) atoms. The second-order valence-electron chi connectivity index (χ2n) is 5.11. The molecule has 0 aromatic heterocycles. The van der Waals surface area contributed by atoms with E-state index in [-0.39, 0.29) is 22.6 Å². The summed E-state index contributed by atoms with van der Waals surface area (Å²) in [6.45, 7) is 0. The highest BCUT2D eigenvalue weighted by Gasteiger charge is 2.19. The van der Waals surface area contributed by atoms with Crippen LogP contribution in [0.5, 0.6) is 23.0 Å². The molecule has 0 spiro atoms. The highest BCUT2D eigenvalue weighted by molar-refractivity contribution is 5.98. The molecule has 0 radical (unpaired) electrons. The first kappa shape index (κ1) is 19.5. The van der Waals surface area contributed by atoms with Gasteiger partial charge in [-0.3, -0.25) is 14.9 Å². The number of phenolic OH excluding ortho intramolecular Hbond substituents is 1. The number of nitro benzene ring substituents is 1. The predicted molar refractivity (Wildman–Crippen MR) is 95.9 cm³/mol. The number of carbonyl (C=O) groups is 1. The van der Waals surface area contributed by atoms with Gasteiger partial charge in [0.15, 0.2) is 0 Å². The molecule has 0 heterocycles. The van der Waals surface area contributed by atoms with Gasteiger partial charge in [-0.15, -0.1) is 0 Å². The molecule has 142 valence electrons. The average molecular weight is 375 g/mol. The van der Waals surface area contributed by atoms with Crippen molar-refractivity contribution < 1.29 is 29.0 Å². The second-order valence-corrected chi connectivity index (χ2v) is 5.11. The summed E-state index contributed by atoms with van der Waals surface area (Å²) >= 11 is 0. The Kier molecular flexibility index (Phi) is 6.15. The Morgan fingerprint density at radius 3 is 2.44 bits per heavy atom. The van der Waals surface area contributed by atoms with Crippen LogP contribution in [0, 0.1) is 10.1 Å². The van der Waals surface area contributed by atoms with Gasteiger partial charge in [0, 0.05) is 11.6 Å². The van der Waals surface area contributed by atoms with Gasteiger partial charge in [-0.25, -0.2) is 5.43 Å². The average Bonchev–Trinajstić information content (AvgIpc) is 2.68. The number of ether oxygens (including phenoxy) is 3. The van der Waals surface area contributed by atoms with Crippen molar-refractivity contribution in [3.05, 3.63) is 51.6 Å². The van der Waals surface area contributed by atoms with E-state index in [4.69, 9.17) is 14.2 Å². The molecule has 0 saturated heterocycles. The third-order valence-corrected chi connectivity index (χ3v) is 3.55. The summed E-state index contributed by atoms with van der Waals surface area (Å²) in [6.07, 6.45) is 1.07. The lowest BCUT2D eigenvalue weighted by atomic mass is 10.1. The Morgan fingerprint density at radius 1 is 1.15 bits per heavy atom. The highest BCUT2D eigenvalue weighted by atomic mass is 16.6. The van der Waals surface area contributed by atoms with E-state index in [1.165, 1.54) is 39.5 Å². The first-order valence-corrected chi connectivity index (χ1v) is 7.52. The third-order valence-electron chi connectivity index (χ3n) is 3.55. The molecule has 0 unspecified atom stereocenters. The van der Waals surface area contributed by atoms with Gasteiger partial charge in [0.25, 0.3) is 5.91 Å². The van der Waals surface area contributed by atoms with E-state index in [1.807, 2.05) is 0 Å². The molecule has 0 atom stereocenters. The largest absolute Gasteiger partial charge is 0.502 e. The topological polar surface area (TPSA) is 133 Å². The maximum atomic E-state index is 12.3. The fourth-order valence-corrected chi connectivity index (χ4v) is 2.18. The molecule has 2 aromatic rings. The number of nitrogens with zero attached hydrogens (tertiary/aromatic N) is 2. The standard InChI is InChI=1S/C17H17N3O7/c1-25-11-4-5-13(15(8-11)27-3)17(22)19-18-9-10-6-12(26-2)7-14(16(10)21)20(23)24/h4-9,21H,1-3H3,(H,19,22). The van der Waals surface area contributed by atoms with Crippen LogP contribution in [0.25, 0.3) is 0 Å². The maximum absolute atomic E-state index is 12.3. The van der Waals surface area contributed by atoms with Gasteiger partial charge in [0.1, 0.15) is 17.2 Å². The minimum absolute atomic E-state index is 0.00282. The van der Waals surface area contributed by atoms with Crippen molar-refractivity contribution in [2.75, 3.05) is 21.3 Å². The molecule has 1 amide bonds. The van der Waals surface area contributed by atoms with Crippen LogP contribution in [-0.4, -0.2) is 43.5 Å². The van der Waals surface area contributed by atoms with Crippen LogP contribution < -0.4 is 19.6 Å². The number of nitro groups is 1. The van der Waals surface area contributed by atoms with Crippen LogP contribution in [0.3, 0.4) is 0 Å². The molecule has 2 rings (SSSR count). The number of carbonyl (C=O) groups excluding carboxylic acids is 1. The van der Waals surface area contributed by atoms with Gasteiger partial charge in [-0.1, -0.05) is 0 Å². The van der Waals surface area contributed by atoms with Gasteiger partial charge < -0.3 is 19.3 Å². The van der Waals surface area contributed by atoms with Crippen LogP contribution in [-0.2, 0) is 0 Å². The van der Waals surface area contributed by atoms with Crippen LogP contribution in [0.1, 0.15) is 15.9 Å². The van der Waals surface area contributed by atoms with Gasteiger partial charge >= 0.3 is 5.69 Å². The minimum Gasteiger partial charge on any atom is -0.502 e. The fourth-order valence-electron chi connectivity index (χ4n) is 2.18. The summed E-state index contributed by atoms with van der Waals surface area (Å²) in [5.41, 5.74) is 1.93. The van der Waals surface area contributed by atoms with Gasteiger partial charge in [-0.05, 0) is 18.2 Å². The van der Waals surface area contributed by atoms with Crippen molar-refractivity contribution in [1.82, 2.24) is 5.43 Å². The number of benzene rings is 2. The number of hydrogen-bond donors (Lipinski definition) is 2. The lowest BCUT2D eigenvalue weighted by Crippen LogP contribution is -2.18. The third kappa shape index (κ3) is 4.42. The van der Waals surface area contributed by atoms with E-state index in [2.05, 4.69) is 10.5 Å². The quantitative estimate of drug-likeness (QED) is 0.430. The first-order chi connectivity index (χ1) is 12.9. The molecule has 0 bridgehead atoms. The lowest BCUT2D eigenvalue weighted by molar-refractivity contribution is -0.385. The number of amides is 1. The molecular formula is C17H17N3O7. The van der Waals surface area contributed by atoms with E-state index in [9.17, 15) is 20.0 Å². The van der Waals surface area contributed by atoms with Crippen LogP contribution >= 0.6 is 0 Å². The summed E-state index contributed by atoms with van der Waals surface area (Å²) in [7, 11) is 4.22. The summed E-state index contributed by atoms with van der Waals surface area (Å²) in [4.78, 5) is 22.5. The SMILES string of the molecule is COc1ccc(C(=O)NN=Cc2cc(OC)cc([N+](=O)[O-])c2O)c(OC)c1. The Balaban J connectivity index is 2.24. The number of hydrazone groups is 1. The van der Waals surface area contributed by atoms with Gasteiger partial charge in [0.05, 0.1) is 44.1 Å². The fraction of sp³-hybridized carbons (Fsp3) is 0.176. The zero-order valence-electron chi connectivity index (χ0n) is 14.8. The van der Waals surface area contributed by atoms with Crippen molar-refractivity contribution >= 4 is 17.8 Å². The Morgan fingerprint density at radius 2 is 1.85 bits per heavy atom. The summed E-state index contributed by atoms with van der Waals surface area (Å²) < 4.78 is 15.2. The molecule has 10 nitrogen and oxygen atoms in total. The second kappa shape index (κ2) is 8.52. The smallest absolute Gasteiger partial charge is 0.315 e. The summed E-state index contributed by atoms with van der Waals surface area (Å²) in [6, 6.07) is 7.03. The number of phenols is 1. The molecule has 0 fully saturated rings. The Bertz CT molecular complexity index is 896. The van der Waals surface area contributed by atoms with Crippen LogP contribution in [0.4, 0.5) is 5.69 Å². The first-order valence-electron chi connectivity index (χ1n) is 7.52. The van der Waals surface area contributed by atoms with Crippen molar-refractivity contribution in [1.29, 1.82) is 0 Å². The van der Waals surface area contributed by atoms with E-state index in [1.54, 1.807) is 6.07 Å². The number of aromatic hydroxyl groups is 1. The zero-order chi connectivity index (χ0) is 20.0. The highest BCUT2D eigenvalue weighted by Crippen LogP contribution is 2.33. The van der Waals surface area contributed by atoms with E-state index >= 15 is 0 Å². The monoisotopic (exact) mass is 375 g/mol. The number of methoxy groups -OCH3 is 3. The van der Waals surface area contributed by atoms with Gasteiger partial charge in [0.2, 0.25) is 5.75 Å². The van der Waals surface area contributed by atoms with E-state index < -0.39 is 22.3 Å². The van der Waals surface area contributed by atoms with Crippen molar-refractivity contribution in [3.63, 3.8) is 0 Å². The molecule has 2 aromatic carbocycles. The number of hydrogen-bond acceptors (Lipinski definition) is 8. The normalized spacial score (nSPS) is 10.5. The zero-order valence-corrected chi connectivity index (χ0v) is 14.8.